The van der Waals surface area contributed by atoms with Crippen LogP contribution in [0.4, 0.5) is 13.2 Å². The van der Waals surface area contributed by atoms with Crippen LogP contribution in [-0.4, -0.2) is 28.6 Å². The molecular formula is C4H5F3NOS. The normalized spacial score (nSPS) is 34.8. The van der Waals surface area contributed by atoms with E-state index in [0.29, 0.717) is 0 Å². The molecule has 0 aliphatic carbocycles. The van der Waals surface area contributed by atoms with E-state index in [-0.39, 0.29) is 11.6 Å². The van der Waals surface area contributed by atoms with Gasteiger partial charge in [0.25, 0.3) is 0 Å². The molecule has 1 heterocycles. The zero-order valence-corrected chi connectivity index (χ0v) is 5.67. The van der Waals surface area contributed by atoms with E-state index in [9.17, 15) is 13.2 Å². The van der Waals surface area contributed by atoms with Gasteiger partial charge < -0.3 is 5.11 Å². The third kappa shape index (κ3) is 1.23. The molecular weight excluding hydrogens is 167 g/mol. The van der Waals surface area contributed by atoms with Crippen LogP contribution in [0.3, 0.4) is 0 Å². The van der Waals surface area contributed by atoms with Gasteiger partial charge in [0.2, 0.25) is 5.72 Å². The smallest absolute Gasteiger partial charge is 0.366 e. The molecule has 0 aromatic heterocycles. The Morgan fingerprint density at radius 3 is 2.30 bits per heavy atom. The van der Waals surface area contributed by atoms with Crippen LogP contribution in [0.15, 0.2) is 0 Å². The number of halogens is 3. The molecule has 1 radical (unpaired) electrons. The summed E-state index contributed by atoms with van der Waals surface area (Å²) < 4.78 is 35.4. The fraction of sp³-hybridized carbons (Fsp3) is 1.00. The maximum absolute atomic E-state index is 11.8. The molecule has 1 atom stereocenters. The minimum Gasteiger partial charge on any atom is -0.366 e. The number of alkyl halides is 3. The summed E-state index contributed by atoms with van der Waals surface area (Å²) in [7, 11) is 0. The Kier molecular flexibility index (Phi) is 1.86. The molecule has 1 unspecified atom stereocenters. The number of nitrogens with zero attached hydrogens (tertiary/aromatic N) is 1. The Labute approximate surface area is 59.8 Å². The molecule has 1 N–H and O–H groups in total. The third-order valence-corrected chi connectivity index (χ3v) is 2.09. The van der Waals surface area contributed by atoms with Crippen molar-refractivity contribution in [3.8, 4) is 0 Å². The maximum atomic E-state index is 11.8. The van der Waals surface area contributed by atoms with E-state index < -0.39 is 11.9 Å². The summed E-state index contributed by atoms with van der Waals surface area (Å²) >= 11 is 0.971. The predicted molar refractivity (Wildman–Crippen MR) is 30.5 cm³/mol. The molecule has 59 valence electrons. The molecule has 1 aliphatic rings. The minimum atomic E-state index is -4.61. The zero-order valence-electron chi connectivity index (χ0n) is 4.85. The Morgan fingerprint density at radius 1 is 1.50 bits per heavy atom. The van der Waals surface area contributed by atoms with E-state index in [0.717, 1.165) is 11.8 Å². The second-order valence-corrected chi connectivity index (χ2v) is 2.91. The first-order chi connectivity index (χ1) is 4.46. The van der Waals surface area contributed by atoms with E-state index in [1.165, 1.54) is 0 Å². The first kappa shape index (κ1) is 8.16. The topological polar surface area (TPSA) is 34.3 Å². The largest absolute Gasteiger partial charge is 0.433 e. The molecule has 0 bridgehead atoms. The van der Waals surface area contributed by atoms with E-state index in [2.05, 4.69) is 5.32 Å². The van der Waals surface area contributed by atoms with Crippen molar-refractivity contribution in [2.24, 2.45) is 0 Å². The van der Waals surface area contributed by atoms with Gasteiger partial charge in [-0.25, -0.2) is 0 Å². The zero-order chi connectivity index (χ0) is 7.83. The van der Waals surface area contributed by atoms with Crippen LogP contribution in [0.1, 0.15) is 0 Å². The van der Waals surface area contributed by atoms with E-state index in [4.69, 9.17) is 5.11 Å². The second kappa shape index (κ2) is 2.28. The fourth-order valence-electron chi connectivity index (χ4n) is 0.558. The first-order valence-corrected chi connectivity index (χ1v) is 3.67. The van der Waals surface area contributed by atoms with Gasteiger partial charge in [-0.15, -0.1) is 11.8 Å². The van der Waals surface area contributed by atoms with E-state index in [1.807, 2.05) is 0 Å². The number of hydrogen-bond acceptors (Lipinski definition) is 2. The lowest BCUT2D eigenvalue weighted by Crippen LogP contribution is -2.51. The average Bonchev–Trinajstić information content (AvgIpc) is 2.13. The molecule has 1 saturated heterocycles. The van der Waals surface area contributed by atoms with Crippen LogP contribution in [0.2, 0.25) is 0 Å². The molecule has 10 heavy (non-hydrogen) atoms. The summed E-state index contributed by atoms with van der Waals surface area (Å²) in [5.74, 6) is -0.355. The molecule has 2 nitrogen and oxygen atoms in total. The second-order valence-electron chi connectivity index (χ2n) is 1.95. The van der Waals surface area contributed by atoms with Gasteiger partial charge in [-0.1, -0.05) is 0 Å². The van der Waals surface area contributed by atoms with Crippen LogP contribution in [0, 0.1) is 0 Å². The molecule has 1 rings (SSSR count). The number of aliphatic hydroxyl groups is 1. The Hall–Kier alpha value is 0.0600. The highest BCUT2D eigenvalue weighted by Gasteiger charge is 2.56. The van der Waals surface area contributed by atoms with Gasteiger partial charge in [0.05, 0.1) is 5.88 Å². The quantitative estimate of drug-likeness (QED) is 0.578. The van der Waals surface area contributed by atoms with Gasteiger partial charge >= 0.3 is 6.18 Å². The highest BCUT2D eigenvalue weighted by molar-refractivity contribution is 7.99. The van der Waals surface area contributed by atoms with Gasteiger partial charge in [0.1, 0.15) is 0 Å². The summed E-state index contributed by atoms with van der Waals surface area (Å²) in [4.78, 5) is 0. The van der Waals surface area contributed by atoms with Crippen molar-refractivity contribution in [2.75, 3.05) is 11.6 Å². The van der Waals surface area contributed by atoms with Gasteiger partial charge in [-0.3, -0.25) is 0 Å². The van der Waals surface area contributed by atoms with Crippen molar-refractivity contribution in [3.63, 3.8) is 0 Å². The lowest BCUT2D eigenvalue weighted by Gasteiger charge is -2.22. The number of hydrogen-bond donors (Lipinski definition) is 1. The van der Waals surface area contributed by atoms with Gasteiger partial charge in [0, 0.05) is 5.75 Å². The predicted octanol–water partition coefficient (Wildman–Crippen LogP) is 0.546. The molecule has 0 spiro atoms. The van der Waals surface area contributed by atoms with Crippen LogP contribution >= 0.6 is 11.8 Å². The molecule has 0 aromatic carbocycles. The average molecular weight is 172 g/mol. The van der Waals surface area contributed by atoms with Crippen LogP contribution in [0.25, 0.3) is 0 Å². The molecule has 6 heteroatoms. The highest BCUT2D eigenvalue weighted by Crippen LogP contribution is 2.35. The van der Waals surface area contributed by atoms with E-state index >= 15 is 0 Å². The van der Waals surface area contributed by atoms with Crippen molar-refractivity contribution in [1.82, 2.24) is 5.32 Å². The van der Waals surface area contributed by atoms with Crippen LogP contribution in [-0.2, 0) is 0 Å². The molecule has 0 saturated carbocycles. The Morgan fingerprint density at radius 2 is 2.10 bits per heavy atom. The molecule has 1 fully saturated rings. The lowest BCUT2D eigenvalue weighted by molar-refractivity contribution is -0.260. The minimum absolute atomic E-state index is 0.0238. The standard InChI is InChI=1S/C4H5F3NOS/c5-4(6,7)3(9)1-10-2-8-3/h9H,1-2H2. The molecule has 0 aromatic rings. The fourth-order valence-corrected chi connectivity index (χ4v) is 1.49. The first-order valence-electron chi connectivity index (χ1n) is 2.51. The summed E-state index contributed by atoms with van der Waals surface area (Å²) in [5.41, 5.74) is -2.78. The van der Waals surface area contributed by atoms with Crippen molar-refractivity contribution < 1.29 is 18.3 Å². The van der Waals surface area contributed by atoms with Crippen molar-refractivity contribution in [2.45, 2.75) is 11.9 Å². The third-order valence-electron chi connectivity index (χ3n) is 1.17. The van der Waals surface area contributed by atoms with E-state index in [1.54, 1.807) is 0 Å². The van der Waals surface area contributed by atoms with Crippen LogP contribution in [0.5, 0.6) is 0 Å². The number of rotatable bonds is 0. The summed E-state index contributed by atoms with van der Waals surface area (Å²) in [6.45, 7) is 0. The van der Waals surface area contributed by atoms with Crippen LogP contribution < -0.4 is 5.32 Å². The van der Waals surface area contributed by atoms with Crippen molar-refractivity contribution in [3.05, 3.63) is 0 Å². The Bertz CT molecular complexity index is 131. The SMILES string of the molecule is OC1(C(F)(F)F)CSC[N]1. The Balaban J connectivity index is 2.67. The van der Waals surface area contributed by atoms with Gasteiger partial charge in [-0.2, -0.15) is 18.5 Å². The van der Waals surface area contributed by atoms with Crippen molar-refractivity contribution in [1.29, 1.82) is 0 Å². The summed E-state index contributed by atoms with van der Waals surface area (Å²) in [6, 6.07) is 0. The van der Waals surface area contributed by atoms with Crippen molar-refractivity contribution >= 4 is 11.8 Å². The highest BCUT2D eigenvalue weighted by atomic mass is 32.2. The maximum Gasteiger partial charge on any atom is 0.433 e. The molecule has 1 aliphatic heterocycles. The monoisotopic (exact) mass is 172 g/mol. The van der Waals surface area contributed by atoms with Gasteiger partial charge in [-0.05, 0) is 0 Å². The van der Waals surface area contributed by atoms with Gasteiger partial charge in [0.15, 0.2) is 0 Å². The molecule has 0 amide bonds. The summed E-state index contributed by atoms with van der Waals surface area (Å²) in [5, 5.41) is 11.7. The lowest BCUT2D eigenvalue weighted by atomic mass is 10.2. The number of thioether (sulfide) groups is 1. The summed E-state index contributed by atoms with van der Waals surface area (Å²) in [6.07, 6.45) is -4.61.